The van der Waals surface area contributed by atoms with E-state index in [2.05, 4.69) is 27.7 Å². The van der Waals surface area contributed by atoms with E-state index in [9.17, 15) is 0 Å². The molecule has 0 saturated heterocycles. The Balaban J connectivity index is 3.29. The normalized spacial score (nSPS) is 15.6. The zero-order valence-corrected chi connectivity index (χ0v) is 11.1. The first-order valence-corrected chi connectivity index (χ1v) is 6.67. The van der Waals surface area contributed by atoms with Crippen LogP contribution >= 0.6 is 0 Å². The smallest absolute Gasteiger partial charge is 0.0456 e. The molecule has 15 heavy (non-hydrogen) atoms. The zero-order chi connectivity index (χ0) is 11.7. The summed E-state index contributed by atoms with van der Waals surface area (Å²) in [5.74, 6) is 2.22. The minimum Gasteiger partial charge on any atom is -0.396 e. The van der Waals surface area contributed by atoms with Crippen LogP contribution in [0.4, 0.5) is 0 Å². The van der Waals surface area contributed by atoms with E-state index in [1.165, 1.54) is 38.5 Å². The first-order valence-electron chi connectivity index (χ1n) is 6.67. The number of hydrogen-bond donors (Lipinski definition) is 1. The largest absolute Gasteiger partial charge is 0.396 e. The molecule has 1 heteroatoms. The van der Waals surface area contributed by atoms with Gasteiger partial charge in [0.2, 0.25) is 0 Å². The maximum atomic E-state index is 8.90. The second-order valence-electron chi connectivity index (χ2n) is 5.65. The molecule has 0 aliphatic carbocycles. The van der Waals surface area contributed by atoms with Gasteiger partial charge in [-0.15, -0.1) is 0 Å². The molecule has 1 nitrogen and oxygen atoms in total. The summed E-state index contributed by atoms with van der Waals surface area (Å²) in [6, 6.07) is 0. The van der Waals surface area contributed by atoms with Crippen LogP contribution in [0.15, 0.2) is 0 Å². The first kappa shape index (κ1) is 15.0. The van der Waals surface area contributed by atoms with Crippen molar-refractivity contribution in [3.63, 3.8) is 0 Å². The third kappa shape index (κ3) is 10.2. The lowest BCUT2D eigenvalue weighted by Gasteiger charge is -2.13. The lowest BCUT2D eigenvalue weighted by Crippen LogP contribution is -2.02. The van der Waals surface area contributed by atoms with Crippen molar-refractivity contribution >= 4 is 0 Å². The van der Waals surface area contributed by atoms with Crippen LogP contribution in [-0.4, -0.2) is 11.7 Å². The fraction of sp³-hybridized carbons (Fsp3) is 1.00. The lowest BCUT2D eigenvalue weighted by atomic mass is 9.94. The first-order chi connectivity index (χ1) is 7.06. The van der Waals surface area contributed by atoms with Gasteiger partial charge in [0, 0.05) is 6.61 Å². The molecule has 0 aromatic rings. The molecule has 1 unspecified atom stereocenters. The van der Waals surface area contributed by atoms with Crippen LogP contribution in [0.25, 0.3) is 0 Å². The van der Waals surface area contributed by atoms with Crippen LogP contribution in [0.3, 0.4) is 0 Å². The molecule has 0 amide bonds. The molecule has 0 spiro atoms. The second kappa shape index (κ2) is 9.21. The molecule has 0 aliphatic rings. The maximum absolute atomic E-state index is 8.90. The van der Waals surface area contributed by atoms with Crippen molar-refractivity contribution in [3.05, 3.63) is 0 Å². The summed E-state index contributed by atoms with van der Waals surface area (Å²) >= 11 is 0. The molecular weight excluding hydrogens is 184 g/mol. The Kier molecular flexibility index (Phi) is 9.18. The van der Waals surface area contributed by atoms with Gasteiger partial charge in [-0.3, -0.25) is 0 Å². The Morgan fingerprint density at radius 2 is 1.20 bits per heavy atom. The molecule has 0 aliphatic heterocycles. The van der Waals surface area contributed by atoms with E-state index >= 15 is 0 Å². The zero-order valence-electron chi connectivity index (χ0n) is 11.1. The standard InChI is InChI=1S/C14H30O/c1-12(2)7-5-8-13(3)9-6-10-14(4)11-15/h12-15H,5-11H2,1-4H3/t13-,14?/m1/s1. The molecule has 0 heterocycles. The van der Waals surface area contributed by atoms with E-state index in [0.717, 1.165) is 11.8 Å². The Morgan fingerprint density at radius 3 is 1.67 bits per heavy atom. The molecule has 0 aromatic heterocycles. The minimum atomic E-state index is 0.349. The van der Waals surface area contributed by atoms with Crippen molar-refractivity contribution in [2.75, 3.05) is 6.61 Å². The predicted octanol–water partition coefficient (Wildman–Crippen LogP) is 4.25. The highest BCUT2D eigenvalue weighted by Gasteiger charge is 2.05. The average molecular weight is 214 g/mol. The highest BCUT2D eigenvalue weighted by atomic mass is 16.3. The van der Waals surface area contributed by atoms with Crippen molar-refractivity contribution in [2.45, 2.75) is 66.2 Å². The summed E-state index contributed by atoms with van der Waals surface area (Å²) in [6.45, 7) is 9.44. The highest BCUT2D eigenvalue weighted by Crippen LogP contribution is 2.18. The number of hydrogen-bond acceptors (Lipinski definition) is 1. The van der Waals surface area contributed by atoms with Crippen LogP contribution < -0.4 is 0 Å². The van der Waals surface area contributed by atoms with Crippen molar-refractivity contribution in [1.82, 2.24) is 0 Å². The molecule has 0 saturated carbocycles. The van der Waals surface area contributed by atoms with Crippen molar-refractivity contribution in [1.29, 1.82) is 0 Å². The third-order valence-corrected chi connectivity index (χ3v) is 3.18. The van der Waals surface area contributed by atoms with Gasteiger partial charge in [-0.25, -0.2) is 0 Å². The van der Waals surface area contributed by atoms with Gasteiger partial charge >= 0.3 is 0 Å². The fourth-order valence-corrected chi connectivity index (χ4v) is 1.92. The Labute approximate surface area is 96.3 Å². The van der Waals surface area contributed by atoms with Crippen molar-refractivity contribution in [3.8, 4) is 0 Å². The van der Waals surface area contributed by atoms with E-state index in [1.54, 1.807) is 0 Å². The Bertz CT molecular complexity index is 131. The van der Waals surface area contributed by atoms with Crippen molar-refractivity contribution < 1.29 is 5.11 Å². The summed E-state index contributed by atoms with van der Waals surface area (Å²) < 4.78 is 0. The second-order valence-corrected chi connectivity index (χ2v) is 5.65. The summed E-state index contributed by atoms with van der Waals surface area (Å²) in [5.41, 5.74) is 0. The Hall–Kier alpha value is -0.0400. The quantitative estimate of drug-likeness (QED) is 0.608. The van der Waals surface area contributed by atoms with Crippen molar-refractivity contribution in [2.24, 2.45) is 17.8 Å². The monoisotopic (exact) mass is 214 g/mol. The Morgan fingerprint density at radius 1 is 0.733 bits per heavy atom. The van der Waals surface area contributed by atoms with E-state index in [0.29, 0.717) is 12.5 Å². The molecule has 92 valence electrons. The predicted molar refractivity (Wildman–Crippen MR) is 68.0 cm³/mol. The van der Waals surface area contributed by atoms with E-state index < -0.39 is 0 Å². The molecule has 0 fully saturated rings. The SMILES string of the molecule is CC(C)CCC[C@@H](C)CCCC(C)CO. The van der Waals surface area contributed by atoms with E-state index in [-0.39, 0.29) is 0 Å². The van der Waals surface area contributed by atoms with Gasteiger partial charge in [-0.05, 0) is 24.2 Å². The van der Waals surface area contributed by atoms with Gasteiger partial charge in [-0.1, -0.05) is 59.8 Å². The number of rotatable bonds is 9. The average Bonchev–Trinajstić information content (AvgIpc) is 2.17. The van der Waals surface area contributed by atoms with E-state index in [1.807, 2.05) is 0 Å². The van der Waals surface area contributed by atoms with Crippen LogP contribution in [0.5, 0.6) is 0 Å². The topological polar surface area (TPSA) is 20.2 Å². The molecule has 0 radical (unpaired) electrons. The number of aliphatic hydroxyl groups is 1. The molecule has 2 atom stereocenters. The van der Waals surface area contributed by atoms with Crippen LogP contribution in [0.1, 0.15) is 66.2 Å². The third-order valence-electron chi connectivity index (χ3n) is 3.18. The summed E-state index contributed by atoms with van der Waals surface area (Å²) in [5, 5.41) is 8.90. The van der Waals surface area contributed by atoms with E-state index in [4.69, 9.17) is 5.11 Å². The molecule has 0 aromatic carbocycles. The maximum Gasteiger partial charge on any atom is 0.0456 e. The van der Waals surface area contributed by atoms with Gasteiger partial charge < -0.3 is 5.11 Å². The molecule has 0 rings (SSSR count). The van der Waals surface area contributed by atoms with Crippen LogP contribution in [0.2, 0.25) is 0 Å². The lowest BCUT2D eigenvalue weighted by molar-refractivity contribution is 0.225. The van der Waals surface area contributed by atoms with Gasteiger partial charge in [0.25, 0.3) is 0 Å². The summed E-state index contributed by atoms with van der Waals surface area (Å²) in [6.07, 6.45) is 7.94. The van der Waals surface area contributed by atoms with Gasteiger partial charge in [0.1, 0.15) is 0 Å². The highest BCUT2D eigenvalue weighted by molar-refractivity contribution is 4.58. The van der Waals surface area contributed by atoms with Gasteiger partial charge in [0.15, 0.2) is 0 Å². The number of aliphatic hydroxyl groups excluding tert-OH is 1. The van der Waals surface area contributed by atoms with Gasteiger partial charge in [0.05, 0.1) is 0 Å². The molecule has 1 N–H and O–H groups in total. The fourth-order valence-electron chi connectivity index (χ4n) is 1.92. The summed E-state index contributed by atoms with van der Waals surface area (Å²) in [4.78, 5) is 0. The molecular formula is C14H30O. The molecule has 0 bridgehead atoms. The van der Waals surface area contributed by atoms with Gasteiger partial charge in [-0.2, -0.15) is 0 Å². The minimum absolute atomic E-state index is 0.349. The summed E-state index contributed by atoms with van der Waals surface area (Å²) in [7, 11) is 0. The van der Waals surface area contributed by atoms with Crippen LogP contribution in [-0.2, 0) is 0 Å². The van der Waals surface area contributed by atoms with Crippen LogP contribution in [0, 0.1) is 17.8 Å².